The van der Waals surface area contributed by atoms with Crippen molar-refractivity contribution in [2.75, 3.05) is 18.9 Å². The molecule has 2 amide bonds. The predicted octanol–water partition coefficient (Wildman–Crippen LogP) is 1.64. The van der Waals surface area contributed by atoms with Crippen molar-refractivity contribution in [3.05, 3.63) is 29.6 Å². The molecule has 0 heterocycles. The first-order valence-electron chi connectivity index (χ1n) is 7.23. The largest absolute Gasteiger partial charge is 0.352 e. The number of hydrogen-bond donors (Lipinski definition) is 2. The summed E-state index contributed by atoms with van der Waals surface area (Å²) in [6.07, 6.45) is 1.92. The zero-order chi connectivity index (χ0) is 17.1. The molecular formula is C15H18F3N3O2. The molecule has 0 radical (unpaired) electrons. The van der Waals surface area contributed by atoms with Crippen LogP contribution in [0.5, 0.6) is 0 Å². The van der Waals surface area contributed by atoms with Crippen LogP contribution >= 0.6 is 0 Å². The van der Waals surface area contributed by atoms with Gasteiger partial charge in [-0.3, -0.25) is 14.5 Å². The maximum absolute atomic E-state index is 13.5. The number of likely N-dealkylation sites (N-methyl/N-ethyl adjacent to an activating group) is 1. The molecule has 1 aromatic carbocycles. The number of benzene rings is 1. The highest BCUT2D eigenvalue weighted by molar-refractivity contribution is 5.95. The van der Waals surface area contributed by atoms with E-state index >= 15 is 0 Å². The van der Waals surface area contributed by atoms with Crippen LogP contribution < -0.4 is 10.6 Å². The summed E-state index contributed by atoms with van der Waals surface area (Å²) in [6.45, 7) is 1.53. The standard InChI is InChI=1S/C15H18F3N3O2/c1-8(21(2)7-12(22)19-9-3-4-9)15(23)20-11-6-5-10(16)13(17)14(11)18/h5-6,8-9H,3-4,7H2,1-2H3,(H,19,22)(H,20,23)/t8-/m0/s1. The second kappa shape index (κ2) is 6.99. The number of hydrogen-bond acceptors (Lipinski definition) is 3. The van der Waals surface area contributed by atoms with Crippen molar-refractivity contribution in [3.8, 4) is 0 Å². The Bertz CT molecular complexity index is 620. The predicted molar refractivity (Wildman–Crippen MR) is 78.2 cm³/mol. The molecule has 1 saturated carbocycles. The highest BCUT2D eigenvalue weighted by atomic mass is 19.2. The van der Waals surface area contributed by atoms with Gasteiger partial charge < -0.3 is 10.6 Å². The fourth-order valence-corrected chi connectivity index (χ4v) is 1.92. The van der Waals surface area contributed by atoms with Gasteiger partial charge in [0.25, 0.3) is 0 Å². The molecular weight excluding hydrogens is 311 g/mol. The van der Waals surface area contributed by atoms with Crippen molar-refractivity contribution < 1.29 is 22.8 Å². The molecule has 0 bridgehead atoms. The van der Waals surface area contributed by atoms with E-state index in [0.717, 1.165) is 25.0 Å². The van der Waals surface area contributed by atoms with Crippen LogP contribution in [0.1, 0.15) is 19.8 Å². The van der Waals surface area contributed by atoms with Gasteiger partial charge in [0.1, 0.15) is 0 Å². The number of carbonyl (C=O) groups excluding carboxylic acids is 2. The minimum Gasteiger partial charge on any atom is -0.352 e. The Morgan fingerprint density at radius 2 is 1.91 bits per heavy atom. The average molecular weight is 329 g/mol. The van der Waals surface area contributed by atoms with Gasteiger partial charge in [0.15, 0.2) is 17.5 Å². The normalized spacial score (nSPS) is 15.4. The number of nitrogens with zero attached hydrogens (tertiary/aromatic N) is 1. The van der Waals surface area contributed by atoms with Gasteiger partial charge in [-0.2, -0.15) is 0 Å². The van der Waals surface area contributed by atoms with Crippen LogP contribution in [-0.2, 0) is 9.59 Å². The second-order valence-electron chi connectivity index (χ2n) is 5.65. The summed E-state index contributed by atoms with van der Waals surface area (Å²) >= 11 is 0. The van der Waals surface area contributed by atoms with Gasteiger partial charge in [0.05, 0.1) is 18.3 Å². The minimum atomic E-state index is -1.65. The summed E-state index contributed by atoms with van der Waals surface area (Å²) < 4.78 is 39.5. The van der Waals surface area contributed by atoms with Crippen LogP contribution in [0.3, 0.4) is 0 Å². The second-order valence-corrected chi connectivity index (χ2v) is 5.65. The van der Waals surface area contributed by atoms with E-state index in [1.807, 2.05) is 0 Å². The van der Waals surface area contributed by atoms with Crippen molar-refractivity contribution in [2.24, 2.45) is 0 Å². The smallest absolute Gasteiger partial charge is 0.241 e. The lowest BCUT2D eigenvalue weighted by atomic mass is 10.2. The number of anilines is 1. The molecule has 1 atom stereocenters. The fourth-order valence-electron chi connectivity index (χ4n) is 1.92. The first-order chi connectivity index (χ1) is 10.8. The topological polar surface area (TPSA) is 61.4 Å². The Morgan fingerprint density at radius 3 is 2.52 bits per heavy atom. The molecule has 2 N–H and O–H groups in total. The van der Waals surface area contributed by atoms with E-state index in [0.29, 0.717) is 0 Å². The van der Waals surface area contributed by atoms with Crippen LogP contribution in [0.4, 0.5) is 18.9 Å². The molecule has 0 aromatic heterocycles. The summed E-state index contributed by atoms with van der Waals surface area (Å²) in [5.74, 6) is -5.26. The molecule has 0 saturated heterocycles. The highest BCUT2D eigenvalue weighted by Gasteiger charge is 2.26. The first-order valence-corrected chi connectivity index (χ1v) is 7.23. The Labute approximate surface area is 131 Å². The number of rotatable bonds is 6. The quantitative estimate of drug-likeness (QED) is 0.780. The lowest BCUT2D eigenvalue weighted by Crippen LogP contribution is -2.45. The van der Waals surface area contributed by atoms with E-state index in [4.69, 9.17) is 0 Å². The molecule has 1 fully saturated rings. The Hall–Kier alpha value is -2.09. The molecule has 1 aliphatic rings. The molecule has 23 heavy (non-hydrogen) atoms. The first kappa shape index (κ1) is 17.3. The highest BCUT2D eigenvalue weighted by Crippen LogP contribution is 2.20. The lowest BCUT2D eigenvalue weighted by molar-refractivity contribution is -0.124. The van der Waals surface area contributed by atoms with E-state index < -0.39 is 35.1 Å². The van der Waals surface area contributed by atoms with Gasteiger partial charge in [0.2, 0.25) is 11.8 Å². The molecule has 126 valence electrons. The molecule has 5 nitrogen and oxygen atoms in total. The summed E-state index contributed by atoms with van der Waals surface area (Å²) in [7, 11) is 1.57. The van der Waals surface area contributed by atoms with Gasteiger partial charge in [-0.15, -0.1) is 0 Å². The number of nitrogens with one attached hydrogen (secondary N) is 2. The SMILES string of the molecule is C[C@@H](C(=O)Nc1ccc(F)c(F)c1F)N(C)CC(=O)NC1CC1. The lowest BCUT2D eigenvalue weighted by Gasteiger charge is -2.23. The summed E-state index contributed by atoms with van der Waals surface area (Å²) in [5, 5.41) is 4.98. The molecule has 0 unspecified atom stereocenters. The van der Waals surface area contributed by atoms with Crippen molar-refractivity contribution in [2.45, 2.75) is 31.8 Å². The molecule has 8 heteroatoms. The van der Waals surface area contributed by atoms with E-state index in [9.17, 15) is 22.8 Å². The van der Waals surface area contributed by atoms with Crippen molar-refractivity contribution >= 4 is 17.5 Å². The Balaban J connectivity index is 1.93. The number of carbonyl (C=O) groups is 2. The zero-order valence-corrected chi connectivity index (χ0v) is 12.8. The Morgan fingerprint density at radius 1 is 1.26 bits per heavy atom. The Kier molecular flexibility index (Phi) is 5.25. The van der Waals surface area contributed by atoms with Crippen molar-refractivity contribution in [1.29, 1.82) is 0 Å². The van der Waals surface area contributed by atoms with Crippen LogP contribution in [0.25, 0.3) is 0 Å². The maximum atomic E-state index is 13.5. The summed E-state index contributed by atoms with van der Waals surface area (Å²) in [4.78, 5) is 25.2. The van der Waals surface area contributed by atoms with Crippen LogP contribution in [0.2, 0.25) is 0 Å². The zero-order valence-electron chi connectivity index (χ0n) is 12.8. The molecule has 2 rings (SSSR count). The van der Waals surface area contributed by atoms with Gasteiger partial charge >= 0.3 is 0 Å². The van der Waals surface area contributed by atoms with Crippen LogP contribution in [-0.4, -0.2) is 42.4 Å². The molecule has 1 aromatic rings. The summed E-state index contributed by atoms with van der Waals surface area (Å²) in [6, 6.07) is 1.13. The average Bonchev–Trinajstić information content (AvgIpc) is 3.30. The molecule has 0 aliphatic heterocycles. The van der Waals surface area contributed by atoms with Crippen molar-refractivity contribution in [1.82, 2.24) is 10.2 Å². The van der Waals surface area contributed by atoms with Crippen LogP contribution in [0, 0.1) is 17.5 Å². The van der Waals surface area contributed by atoms with Crippen molar-refractivity contribution in [3.63, 3.8) is 0 Å². The molecule has 1 aliphatic carbocycles. The van der Waals surface area contributed by atoms with E-state index in [1.165, 1.54) is 11.8 Å². The third kappa shape index (κ3) is 4.44. The third-order valence-corrected chi connectivity index (χ3v) is 3.67. The fraction of sp³-hybridized carbons (Fsp3) is 0.467. The van der Waals surface area contributed by atoms with E-state index in [-0.39, 0.29) is 18.5 Å². The van der Waals surface area contributed by atoms with Gasteiger partial charge in [-0.05, 0) is 38.9 Å². The van der Waals surface area contributed by atoms with Gasteiger partial charge in [-0.25, -0.2) is 13.2 Å². The van der Waals surface area contributed by atoms with Gasteiger partial charge in [0, 0.05) is 6.04 Å². The van der Waals surface area contributed by atoms with Crippen LogP contribution in [0.15, 0.2) is 12.1 Å². The third-order valence-electron chi connectivity index (χ3n) is 3.67. The molecule has 0 spiro atoms. The maximum Gasteiger partial charge on any atom is 0.241 e. The minimum absolute atomic E-state index is 0.00531. The monoisotopic (exact) mass is 329 g/mol. The number of amides is 2. The summed E-state index contributed by atoms with van der Waals surface area (Å²) in [5.41, 5.74) is -0.448. The number of halogens is 3. The van der Waals surface area contributed by atoms with Gasteiger partial charge in [-0.1, -0.05) is 0 Å². The van der Waals surface area contributed by atoms with E-state index in [2.05, 4.69) is 10.6 Å². The van der Waals surface area contributed by atoms with E-state index in [1.54, 1.807) is 7.05 Å².